The van der Waals surface area contributed by atoms with E-state index in [1.807, 2.05) is 6.92 Å². The highest BCUT2D eigenvalue weighted by molar-refractivity contribution is 7.90. The molecule has 2 unspecified atom stereocenters. The van der Waals surface area contributed by atoms with Crippen LogP contribution in [0, 0.1) is 5.92 Å². The smallest absolute Gasteiger partial charge is 0.407 e. The first-order chi connectivity index (χ1) is 16.0. The Hall–Kier alpha value is -2.37. The number of methoxy groups -OCH3 is 1. The summed E-state index contributed by atoms with van der Waals surface area (Å²) in [5.74, 6) is 0.545. The van der Waals surface area contributed by atoms with Gasteiger partial charge in [-0.05, 0) is 75.1 Å². The number of hydrogen-bond donors (Lipinski definition) is 4. The number of hydrazine groups is 1. The molecule has 4 rings (SSSR count). The fraction of sp³-hybridized carbons (Fsp3) is 0.652. The van der Waals surface area contributed by atoms with Gasteiger partial charge in [0.05, 0.1) is 24.6 Å². The van der Waals surface area contributed by atoms with Crippen LogP contribution >= 0.6 is 0 Å². The van der Waals surface area contributed by atoms with Crippen LogP contribution in [0.3, 0.4) is 0 Å². The third kappa shape index (κ3) is 6.19. The van der Waals surface area contributed by atoms with E-state index in [4.69, 9.17) is 9.47 Å². The minimum Gasteiger partial charge on any atom is -0.497 e. The van der Waals surface area contributed by atoms with Crippen molar-refractivity contribution in [3.8, 4) is 5.75 Å². The molecule has 34 heavy (non-hydrogen) atoms. The van der Waals surface area contributed by atoms with Crippen molar-refractivity contribution in [3.05, 3.63) is 23.8 Å². The molecule has 2 amide bonds. The van der Waals surface area contributed by atoms with Crippen molar-refractivity contribution >= 4 is 21.8 Å². The van der Waals surface area contributed by atoms with Gasteiger partial charge in [-0.1, -0.05) is 0 Å². The molecule has 3 aliphatic rings. The van der Waals surface area contributed by atoms with Crippen molar-refractivity contribution in [2.45, 2.75) is 80.6 Å². The van der Waals surface area contributed by atoms with Crippen molar-refractivity contribution in [2.24, 2.45) is 5.92 Å². The van der Waals surface area contributed by atoms with Crippen molar-refractivity contribution in [1.29, 1.82) is 0 Å². The van der Waals surface area contributed by atoms with Gasteiger partial charge in [0.25, 0.3) is 0 Å². The molecular formula is C23H34N4O6S. The van der Waals surface area contributed by atoms with Gasteiger partial charge in [0, 0.05) is 17.8 Å². The van der Waals surface area contributed by atoms with Gasteiger partial charge in [0.1, 0.15) is 11.9 Å². The molecule has 4 atom stereocenters. The van der Waals surface area contributed by atoms with Gasteiger partial charge < -0.3 is 20.1 Å². The Bertz CT molecular complexity index is 1040. The summed E-state index contributed by atoms with van der Waals surface area (Å²) in [6.45, 7) is 2.02. The van der Waals surface area contributed by atoms with E-state index in [0.29, 0.717) is 23.7 Å². The predicted molar refractivity (Wildman–Crippen MR) is 125 cm³/mol. The number of carbonyl (C=O) groups is 2. The summed E-state index contributed by atoms with van der Waals surface area (Å²) >= 11 is 0. The van der Waals surface area contributed by atoms with E-state index in [2.05, 4.69) is 21.5 Å². The van der Waals surface area contributed by atoms with Crippen LogP contribution in [0.4, 0.5) is 4.79 Å². The largest absolute Gasteiger partial charge is 0.497 e. The molecule has 0 aromatic heterocycles. The van der Waals surface area contributed by atoms with E-state index < -0.39 is 9.84 Å². The average molecular weight is 495 g/mol. The highest BCUT2D eigenvalue weighted by Crippen LogP contribution is 2.36. The summed E-state index contributed by atoms with van der Waals surface area (Å²) < 4.78 is 35.0. The monoisotopic (exact) mass is 494 g/mol. The van der Waals surface area contributed by atoms with Crippen LogP contribution in [0.25, 0.3) is 0 Å². The highest BCUT2D eigenvalue weighted by Gasteiger charge is 2.41. The molecule has 2 saturated carbocycles. The van der Waals surface area contributed by atoms with Crippen LogP contribution in [-0.2, 0) is 25.8 Å². The van der Waals surface area contributed by atoms with Gasteiger partial charge in [0.2, 0.25) is 5.91 Å². The molecule has 188 valence electrons. The third-order valence-electron chi connectivity index (χ3n) is 6.96. The van der Waals surface area contributed by atoms with Gasteiger partial charge in [-0.3, -0.25) is 10.2 Å². The number of amides is 2. The lowest BCUT2D eigenvalue weighted by Gasteiger charge is -2.19. The lowest BCUT2D eigenvalue weighted by Crippen LogP contribution is -2.45. The highest BCUT2D eigenvalue weighted by atomic mass is 32.2. The zero-order valence-corrected chi connectivity index (χ0v) is 20.7. The first-order valence-electron chi connectivity index (χ1n) is 11.7. The third-order valence-corrected chi connectivity index (χ3v) is 8.15. The van der Waals surface area contributed by atoms with Crippen LogP contribution in [0.2, 0.25) is 0 Å². The zero-order valence-electron chi connectivity index (χ0n) is 19.8. The number of sulfone groups is 1. The number of alkyl carbamates (subject to hydrolysis) is 1. The van der Waals surface area contributed by atoms with Crippen LogP contribution in [0.5, 0.6) is 5.75 Å². The number of rotatable bonds is 8. The summed E-state index contributed by atoms with van der Waals surface area (Å²) in [6, 6.07) is 4.76. The number of carbonyl (C=O) groups excluding carboxylic acids is 2. The molecule has 4 N–H and O–H groups in total. The van der Waals surface area contributed by atoms with Crippen LogP contribution in [0.15, 0.2) is 23.1 Å². The van der Waals surface area contributed by atoms with E-state index >= 15 is 0 Å². The molecule has 2 aliphatic carbocycles. The van der Waals surface area contributed by atoms with Crippen molar-refractivity contribution in [2.75, 3.05) is 13.4 Å². The summed E-state index contributed by atoms with van der Waals surface area (Å²) in [5.41, 5.74) is 6.68. The fourth-order valence-electron chi connectivity index (χ4n) is 4.77. The van der Waals surface area contributed by atoms with Crippen molar-refractivity contribution < 1.29 is 27.5 Å². The second-order valence-corrected chi connectivity index (χ2v) is 11.9. The quantitative estimate of drug-likeness (QED) is 0.426. The molecular weight excluding hydrogens is 460 g/mol. The average Bonchev–Trinajstić information content (AvgIpc) is 3.13. The topological polar surface area (TPSA) is 135 Å². The maximum Gasteiger partial charge on any atom is 0.407 e. The number of hydrogen-bond acceptors (Lipinski definition) is 8. The molecule has 0 bridgehead atoms. The Labute approximate surface area is 200 Å². The van der Waals surface area contributed by atoms with Crippen molar-refractivity contribution in [1.82, 2.24) is 21.5 Å². The Morgan fingerprint density at radius 1 is 1.18 bits per heavy atom. The van der Waals surface area contributed by atoms with E-state index in [-0.39, 0.29) is 47.2 Å². The molecule has 10 nitrogen and oxygen atoms in total. The minimum atomic E-state index is -3.48. The number of nitrogens with one attached hydrogen (secondary N) is 4. The van der Waals surface area contributed by atoms with E-state index in [1.165, 1.54) is 13.2 Å². The van der Waals surface area contributed by atoms with Gasteiger partial charge >= 0.3 is 6.09 Å². The van der Waals surface area contributed by atoms with Crippen molar-refractivity contribution in [3.63, 3.8) is 0 Å². The Kier molecular flexibility index (Phi) is 7.07. The van der Waals surface area contributed by atoms with Crippen LogP contribution in [0.1, 0.15) is 51.0 Å². The second kappa shape index (κ2) is 9.71. The maximum absolute atomic E-state index is 12.7. The van der Waals surface area contributed by atoms with Crippen LogP contribution < -0.4 is 26.2 Å². The normalized spacial score (nSPS) is 27.7. The Balaban J connectivity index is 1.26. The minimum absolute atomic E-state index is 0.0736. The molecule has 0 radical (unpaired) electrons. The molecule has 11 heteroatoms. The summed E-state index contributed by atoms with van der Waals surface area (Å²) in [5, 5.41) is 5.86. The van der Waals surface area contributed by atoms with E-state index in [9.17, 15) is 18.0 Å². The van der Waals surface area contributed by atoms with Crippen LogP contribution in [-0.4, -0.2) is 57.6 Å². The van der Waals surface area contributed by atoms with Gasteiger partial charge in [-0.2, -0.15) is 0 Å². The summed E-state index contributed by atoms with van der Waals surface area (Å²) in [7, 11) is -1.98. The van der Waals surface area contributed by atoms with Gasteiger partial charge in [0.15, 0.2) is 9.84 Å². The molecule has 1 aromatic carbocycles. The maximum atomic E-state index is 12.7. The predicted octanol–water partition coefficient (Wildman–Crippen LogP) is 1.40. The lowest BCUT2D eigenvalue weighted by molar-refractivity contribution is -0.121. The first-order valence-corrected chi connectivity index (χ1v) is 13.6. The first kappa shape index (κ1) is 24.7. The van der Waals surface area contributed by atoms with E-state index in [0.717, 1.165) is 38.4 Å². The SMILES string of the molecule is COc1ccc(S(C)(=O)=O)c(CC(=O)NC2CC([C@H]3CC[C@@H](OC(=O)NC4(C)CC4)C3)NN2)c1. The van der Waals surface area contributed by atoms with Gasteiger partial charge in [-0.25, -0.2) is 18.6 Å². The fourth-order valence-corrected chi connectivity index (χ4v) is 5.69. The summed E-state index contributed by atoms with van der Waals surface area (Å²) in [6.07, 6.45) is 5.57. The zero-order chi connectivity index (χ0) is 24.5. The standard InChI is InChI=1S/C23H34N4O6S/c1-23(8-9-23)25-22(29)33-17-5-4-14(10-17)18-13-20(27-26-18)24-21(28)12-15-11-16(32-2)6-7-19(15)34(3,30)31/h6-7,11,14,17-18,20,26-27H,4-5,8-10,12-13H2,1-3H3,(H,24,28)(H,25,29)/t14-,17+,18?,20?/m0/s1. The van der Waals surface area contributed by atoms with Gasteiger partial charge in [-0.15, -0.1) is 0 Å². The Morgan fingerprint density at radius 2 is 1.94 bits per heavy atom. The summed E-state index contributed by atoms with van der Waals surface area (Å²) in [4.78, 5) is 24.9. The second-order valence-electron chi connectivity index (χ2n) is 9.96. The molecule has 0 spiro atoms. The molecule has 3 fully saturated rings. The molecule has 1 heterocycles. The lowest BCUT2D eigenvalue weighted by atomic mass is 9.96. The number of benzene rings is 1. The number of ether oxygens (including phenoxy) is 2. The molecule has 1 saturated heterocycles. The van der Waals surface area contributed by atoms with E-state index in [1.54, 1.807) is 12.1 Å². The molecule has 1 aromatic rings. The molecule has 1 aliphatic heterocycles. The Morgan fingerprint density at radius 3 is 2.62 bits per heavy atom.